The molecule has 0 radical (unpaired) electrons. The molecule has 0 aliphatic heterocycles. The third-order valence-electron chi connectivity index (χ3n) is 3.25. The Kier molecular flexibility index (Phi) is 6.04. The van der Waals surface area contributed by atoms with Gasteiger partial charge in [-0.3, -0.25) is 0 Å². The van der Waals surface area contributed by atoms with Gasteiger partial charge in [0.2, 0.25) is 0 Å². The zero-order chi connectivity index (χ0) is 15.1. The lowest BCUT2D eigenvalue weighted by Gasteiger charge is -2.16. The van der Waals surface area contributed by atoms with Crippen LogP contribution >= 0.6 is 15.9 Å². The molecule has 0 atom stereocenters. The second-order valence-corrected chi connectivity index (χ2v) is 5.33. The normalized spacial score (nSPS) is 15.3. The maximum Gasteiger partial charge on any atom is 0.345 e. The molecule has 1 aromatic rings. The number of halogens is 1. The molecule has 1 aromatic carbocycles. The summed E-state index contributed by atoms with van der Waals surface area (Å²) in [6, 6.07) is 5.48. The molecule has 0 N–H and O–H groups in total. The fourth-order valence-electron chi connectivity index (χ4n) is 2.22. The van der Waals surface area contributed by atoms with Gasteiger partial charge in [-0.25, -0.2) is 4.79 Å². The highest BCUT2D eigenvalue weighted by Crippen LogP contribution is 2.32. The standard InChI is InChI=1S/C15H18BrNO4/c1-19-13-7-6-11(10-17-21-15(18)9-16)8-14(13)20-12-4-2-3-5-12/h6-8,10,12H,2-5,9H2,1H3/b17-10+. The molecule has 1 aliphatic rings. The van der Waals surface area contributed by atoms with E-state index < -0.39 is 5.97 Å². The Labute approximate surface area is 132 Å². The van der Waals surface area contributed by atoms with Crippen molar-refractivity contribution < 1.29 is 19.1 Å². The third-order valence-corrected chi connectivity index (χ3v) is 3.71. The van der Waals surface area contributed by atoms with Gasteiger partial charge in [0.15, 0.2) is 11.5 Å². The number of benzene rings is 1. The summed E-state index contributed by atoms with van der Waals surface area (Å²) in [5.74, 6) is 0.943. The first-order valence-corrected chi connectivity index (χ1v) is 7.99. The average Bonchev–Trinajstić information content (AvgIpc) is 3.00. The summed E-state index contributed by atoms with van der Waals surface area (Å²) in [4.78, 5) is 15.6. The molecule has 2 rings (SSSR count). The van der Waals surface area contributed by atoms with Crippen LogP contribution < -0.4 is 9.47 Å². The van der Waals surface area contributed by atoms with E-state index in [0.29, 0.717) is 11.5 Å². The van der Waals surface area contributed by atoms with Crippen LogP contribution in [0.15, 0.2) is 23.4 Å². The number of carbonyl (C=O) groups is 1. The van der Waals surface area contributed by atoms with Crippen molar-refractivity contribution in [3.05, 3.63) is 23.8 Å². The minimum atomic E-state index is -0.442. The van der Waals surface area contributed by atoms with Crippen LogP contribution in [0.4, 0.5) is 0 Å². The van der Waals surface area contributed by atoms with Crippen molar-refractivity contribution in [3.8, 4) is 11.5 Å². The van der Waals surface area contributed by atoms with Gasteiger partial charge < -0.3 is 14.3 Å². The van der Waals surface area contributed by atoms with Gasteiger partial charge in [-0.1, -0.05) is 21.1 Å². The molecule has 21 heavy (non-hydrogen) atoms. The first-order chi connectivity index (χ1) is 10.2. The molecular weight excluding hydrogens is 338 g/mol. The highest BCUT2D eigenvalue weighted by molar-refractivity contribution is 9.09. The van der Waals surface area contributed by atoms with E-state index in [0.717, 1.165) is 18.4 Å². The van der Waals surface area contributed by atoms with Crippen molar-refractivity contribution in [2.24, 2.45) is 5.16 Å². The van der Waals surface area contributed by atoms with E-state index in [1.807, 2.05) is 18.2 Å². The Hall–Kier alpha value is -1.56. The van der Waals surface area contributed by atoms with Crippen LogP contribution in [0.1, 0.15) is 31.2 Å². The van der Waals surface area contributed by atoms with Crippen molar-refractivity contribution in [1.82, 2.24) is 0 Å². The highest BCUT2D eigenvalue weighted by atomic mass is 79.9. The van der Waals surface area contributed by atoms with Crippen LogP contribution in [0, 0.1) is 0 Å². The molecule has 114 valence electrons. The summed E-state index contributed by atoms with van der Waals surface area (Å²) in [6.07, 6.45) is 6.28. The number of carbonyl (C=O) groups excluding carboxylic acids is 1. The first kappa shape index (κ1) is 15.8. The second-order valence-electron chi connectivity index (χ2n) is 4.77. The van der Waals surface area contributed by atoms with Gasteiger partial charge in [0, 0.05) is 5.56 Å². The number of alkyl halides is 1. The Morgan fingerprint density at radius 1 is 1.38 bits per heavy atom. The third kappa shape index (κ3) is 4.74. The van der Waals surface area contributed by atoms with Crippen LogP contribution in [0.2, 0.25) is 0 Å². The Morgan fingerprint density at radius 3 is 2.81 bits per heavy atom. The quantitative estimate of drug-likeness (QED) is 0.340. The number of rotatable bonds is 6. The summed E-state index contributed by atoms with van der Waals surface area (Å²) < 4.78 is 11.3. The van der Waals surface area contributed by atoms with Gasteiger partial charge in [-0.15, -0.1) is 0 Å². The van der Waals surface area contributed by atoms with E-state index in [9.17, 15) is 4.79 Å². The number of oxime groups is 1. The van der Waals surface area contributed by atoms with Crippen LogP contribution in [0.3, 0.4) is 0 Å². The topological polar surface area (TPSA) is 57.1 Å². The molecule has 1 aliphatic carbocycles. The number of hydrogen-bond donors (Lipinski definition) is 0. The van der Waals surface area contributed by atoms with Crippen LogP contribution in [0.25, 0.3) is 0 Å². The van der Waals surface area contributed by atoms with Gasteiger partial charge in [-0.05, 0) is 43.9 Å². The van der Waals surface area contributed by atoms with Gasteiger partial charge in [0.25, 0.3) is 0 Å². The lowest BCUT2D eigenvalue weighted by atomic mass is 10.2. The van der Waals surface area contributed by atoms with Crippen LogP contribution in [-0.2, 0) is 9.63 Å². The fourth-order valence-corrected chi connectivity index (χ4v) is 2.32. The summed E-state index contributed by atoms with van der Waals surface area (Å²) in [7, 11) is 1.61. The molecule has 0 unspecified atom stereocenters. The van der Waals surface area contributed by atoms with Crippen molar-refractivity contribution in [1.29, 1.82) is 0 Å². The van der Waals surface area contributed by atoms with E-state index >= 15 is 0 Å². The molecule has 0 bridgehead atoms. The van der Waals surface area contributed by atoms with E-state index in [4.69, 9.17) is 9.47 Å². The molecule has 1 saturated carbocycles. The van der Waals surface area contributed by atoms with Crippen LogP contribution in [0.5, 0.6) is 11.5 Å². The number of nitrogens with zero attached hydrogens (tertiary/aromatic N) is 1. The maximum absolute atomic E-state index is 11.0. The predicted molar refractivity (Wildman–Crippen MR) is 83.4 cm³/mol. The minimum Gasteiger partial charge on any atom is -0.493 e. The Balaban J connectivity index is 2.07. The minimum absolute atomic E-state index is 0.114. The van der Waals surface area contributed by atoms with Crippen molar-refractivity contribution in [3.63, 3.8) is 0 Å². The molecular formula is C15H18BrNO4. The average molecular weight is 356 g/mol. The second kappa shape index (κ2) is 8.02. The lowest BCUT2D eigenvalue weighted by molar-refractivity contribution is -0.140. The van der Waals surface area contributed by atoms with Crippen molar-refractivity contribution in [2.45, 2.75) is 31.8 Å². The molecule has 0 saturated heterocycles. The predicted octanol–water partition coefficient (Wildman–Crippen LogP) is 3.29. The lowest BCUT2D eigenvalue weighted by Crippen LogP contribution is -2.11. The van der Waals surface area contributed by atoms with Gasteiger partial charge in [0.1, 0.15) is 5.33 Å². The van der Waals surface area contributed by atoms with Gasteiger partial charge in [-0.2, -0.15) is 0 Å². The van der Waals surface area contributed by atoms with E-state index in [1.165, 1.54) is 19.1 Å². The summed E-state index contributed by atoms with van der Waals surface area (Å²) in [5, 5.41) is 3.75. The molecule has 0 aromatic heterocycles. The van der Waals surface area contributed by atoms with E-state index in [1.54, 1.807) is 7.11 Å². The SMILES string of the molecule is COc1ccc(/C=N/OC(=O)CBr)cc1OC1CCCC1. The zero-order valence-corrected chi connectivity index (χ0v) is 13.5. The highest BCUT2D eigenvalue weighted by Gasteiger charge is 2.18. The maximum atomic E-state index is 11.0. The fraction of sp³-hybridized carbons (Fsp3) is 0.467. The molecule has 0 spiro atoms. The molecule has 6 heteroatoms. The molecule has 5 nitrogen and oxygen atoms in total. The van der Waals surface area contributed by atoms with Crippen LogP contribution in [-0.4, -0.2) is 30.7 Å². The molecule has 0 amide bonds. The summed E-state index contributed by atoms with van der Waals surface area (Å²) >= 11 is 3.00. The van der Waals surface area contributed by atoms with Crippen molar-refractivity contribution >= 4 is 28.1 Å². The van der Waals surface area contributed by atoms with E-state index in [-0.39, 0.29) is 11.4 Å². The number of hydrogen-bond acceptors (Lipinski definition) is 5. The summed E-state index contributed by atoms with van der Waals surface area (Å²) in [5.41, 5.74) is 0.783. The van der Waals surface area contributed by atoms with Gasteiger partial charge >= 0.3 is 5.97 Å². The molecule has 0 heterocycles. The Bertz CT molecular complexity index is 512. The first-order valence-electron chi connectivity index (χ1n) is 6.87. The largest absolute Gasteiger partial charge is 0.493 e. The number of ether oxygens (including phenoxy) is 2. The Morgan fingerprint density at radius 2 is 2.14 bits per heavy atom. The smallest absolute Gasteiger partial charge is 0.345 e. The van der Waals surface area contributed by atoms with Gasteiger partial charge in [0.05, 0.1) is 19.4 Å². The van der Waals surface area contributed by atoms with Crippen molar-refractivity contribution in [2.75, 3.05) is 12.4 Å². The number of methoxy groups -OCH3 is 1. The zero-order valence-electron chi connectivity index (χ0n) is 11.9. The monoisotopic (exact) mass is 355 g/mol. The summed E-state index contributed by atoms with van der Waals surface area (Å²) in [6.45, 7) is 0. The van der Waals surface area contributed by atoms with E-state index in [2.05, 4.69) is 25.9 Å². The molecule has 1 fully saturated rings.